The number of hydroxylamine groups is 1. The van der Waals surface area contributed by atoms with Crippen molar-refractivity contribution >= 4 is 32.7 Å². The highest BCUT2D eigenvalue weighted by Crippen LogP contribution is 2.19. The van der Waals surface area contributed by atoms with Gasteiger partial charge in [-0.1, -0.05) is 4.47 Å². The lowest BCUT2D eigenvalue weighted by molar-refractivity contribution is -0.0258. The standard InChI is InChI=1S/C18H20N4O5S/c1-20-15-10-7-13(11-16(15)21(2)18(20)24)19-17(23)12-5-8-14(9-6-12)28(25,26)22(3)27-4/h5-11H,1-4H3,(H,19,23). The Morgan fingerprint density at radius 2 is 1.64 bits per heavy atom. The molecule has 0 radical (unpaired) electrons. The maximum Gasteiger partial charge on any atom is 0.328 e. The molecular formula is C18H20N4O5S. The van der Waals surface area contributed by atoms with Gasteiger partial charge in [-0.05, 0) is 42.5 Å². The molecule has 0 fully saturated rings. The Labute approximate surface area is 161 Å². The maximum atomic E-state index is 12.5. The summed E-state index contributed by atoms with van der Waals surface area (Å²) in [7, 11) is 2.09. The largest absolute Gasteiger partial charge is 0.328 e. The number of amides is 1. The highest BCUT2D eigenvalue weighted by atomic mass is 32.2. The molecule has 1 N–H and O–H groups in total. The average molecular weight is 404 g/mol. The molecule has 0 bridgehead atoms. The van der Waals surface area contributed by atoms with Crippen molar-refractivity contribution in [2.75, 3.05) is 19.5 Å². The molecule has 28 heavy (non-hydrogen) atoms. The number of nitrogens with one attached hydrogen (secondary N) is 1. The normalized spacial score (nSPS) is 11.9. The Morgan fingerprint density at radius 3 is 2.25 bits per heavy atom. The van der Waals surface area contributed by atoms with Gasteiger partial charge in [-0.2, -0.15) is 0 Å². The van der Waals surface area contributed by atoms with E-state index in [9.17, 15) is 18.0 Å². The maximum absolute atomic E-state index is 12.5. The molecule has 2 aromatic carbocycles. The summed E-state index contributed by atoms with van der Waals surface area (Å²) in [5, 5.41) is 2.75. The van der Waals surface area contributed by atoms with Gasteiger partial charge in [-0.15, -0.1) is 0 Å². The molecule has 1 aromatic heterocycles. The SMILES string of the molecule is CON(C)S(=O)(=O)c1ccc(C(=O)Nc2ccc3c(c2)n(C)c(=O)n3C)cc1. The number of carbonyl (C=O) groups is 1. The van der Waals surface area contributed by atoms with Gasteiger partial charge in [0.2, 0.25) is 0 Å². The van der Waals surface area contributed by atoms with Crippen molar-refractivity contribution in [3.05, 3.63) is 58.5 Å². The molecule has 1 heterocycles. The molecule has 1 amide bonds. The van der Waals surface area contributed by atoms with Crippen molar-refractivity contribution in [3.8, 4) is 0 Å². The lowest BCUT2D eigenvalue weighted by Gasteiger charge is -2.14. The molecule has 10 heteroatoms. The molecule has 0 aliphatic carbocycles. The smallest absolute Gasteiger partial charge is 0.322 e. The zero-order valence-electron chi connectivity index (χ0n) is 15.8. The summed E-state index contributed by atoms with van der Waals surface area (Å²) in [4.78, 5) is 29.2. The van der Waals surface area contributed by atoms with Gasteiger partial charge in [0, 0.05) is 32.4 Å². The minimum Gasteiger partial charge on any atom is -0.322 e. The molecule has 0 aliphatic rings. The summed E-state index contributed by atoms with van der Waals surface area (Å²) in [6.45, 7) is 0. The molecule has 0 unspecified atom stereocenters. The van der Waals surface area contributed by atoms with Gasteiger partial charge in [-0.3, -0.25) is 18.8 Å². The molecule has 0 saturated heterocycles. The molecule has 0 atom stereocenters. The van der Waals surface area contributed by atoms with Gasteiger partial charge in [0.05, 0.1) is 23.0 Å². The molecule has 9 nitrogen and oxygen atoms in total. The van der Waals surface area contributed by atoms with Crippen LogP contribution in [0.15, 0.2) is 52.2 Å². The van der Waals surface area contributed by atoms with E-state index in [4.69, 9.17) is 4.84 Å². The van der Waals surface area contributed by atoms with Gasteiger partial charge in [0.1, 0.15) is 0 Å². The fraction of sp³-hybridized carbons (Fsp3) is 0.222. The van der Waals surface area contributed by atoms with Gasteiger partial charge in [0.15, 0.2) is 0 Å². The first-order valence-corrected chi connectivity index (χ1v) is 9.70. The van der Waals surface area contributed by atoms with E-state index in [-0.39, 0.29) is 10.6 Å². The van der Waals surface area contributed by atoms with Crippen LogP contribution in [0.1, 0.15) is 10.4 Å². The third-order valence-electron chi connectivity index (χ3n) is 4.54. The van der Waals surface area contributed by atoms with E-state index < -0.39 is 15.9 Å². The van der Waals surface area contributed by atoms with Crippen LogP contribution in [0.4, 0.5) is 5.69 Å². The number of aromatic nitrogens is 2. The third-order valence-corrected chi connectivity index (χ3v) is 6.23. The Hall–Kier alpha value is -2.95. The van der Waals surface area contributed by atoms with Crippen LogP contribution in [0.3, 0.4) is 0 Å². The minimum atomic E-state index is -3.78. The quantitative estimate of drug-likeness (QED) is 0.646. The van der Waals surface area contributed by atoms with E-state index in [0.29, 0.717) is 16.8 Å². The van der Waals surface area contributed by atoms with Crippen LogP contribution in [0.2, 0.25) is 0 Å². The first-order chi connectivity index (χ1) is 13.2. The molecule has 3 aromatic rings. The summed E-state index contributed by atoms with van der Waals surface area (Å²) >= 11 is 0. The van der Waals surface area contributed by atoms with Gasteiger partial charge >= 0.3 is 5.69 Å². The Kier molecular flexibility index (Phi) is 5.11. The Bertz CT molecular complexity index is 1210. The number of aryl methyl sites for hydroxylation is 2. The van der Waals surface area contributed by atoms with Crippen LogP contribution >= 0.6 is 0 Å². The zero-order valence-corrected chi connectivity index (χ0v) is 16.6. The fourth-order valence-electron chi connectivity index (χ4n) is 2.81. The van der Waals surface area contributed by atoms with Gasteiger partial charge in [-0.25, -0.2) is 13.2 Å². The second kappa shape index (κ2) is 7.23. The van der Waals surface area contributed by atoms with Gasteiger partial charge in [0.25, 0.3) is 15.9 Å². The summed E-state index contributed by atoms with van der Waals surface area (Å²) in [5.74, 6) is -0.399. The number of imidazole rings is 1. The summed E-state index contributed by atoms with van der Waals surface area (Å²) < 4.78 is 28.1. The van der Waals surface area contributed by atoms with Crippen LogP contribution in [0, 0.1) is 0 Å². The minimum absolute atomic E-state index is 0.00843. The van der Waals surface area contributed by atoms with Crippen LogP contribution in [-0.4, -0.2) is 42.1 Å². The van der Waals surface area contributed by atoms with Crippen molar-refractivity contribution < 1.29 is 18.0 Å². The number of hydrogen-bond acceptors (Lipinski definition) is 5. The zero-order chi connectivity index (χ0) is 20.6. The number of benzene rings is 2. The first kappa shape index (κ1) is 19.8. The Balaban J connectivity index is 1.85. The van der Waals surface area contributed by atoms with E-state index in [1.54, 1.807) is 32.3 Å². The number of carbonyl (C=O) groups excluding carboxylic acids is 1. The van der Waals surface area contributed by atoms with E-state index in [1.165, 1.54) is 47.6 Å². The molecule has 3 rings (SSSR count). The number of anilines is 1. The fourth-order valence-corrected chi connectivity index (χ4v) is 3.79. The van der Waals surface area contributed by atoms with Crippen molar-refractivity contribution in [1.82, 2.24) is 13.6 Å². The highest BCUT2D eigenvalue weighted by Gasteiger charge is 2.21. The summed E-state index contributed by atoms with van der Waals surface area (Å²) in [6, 6.07) is 10.7. The second-order valence-electron chi connectivity index (χ2n) is 6.18. The van der Waals surface area contributed by atoms with E-state index >= 15 is 0 Å². The summed E-state index contributed by atoms with van der Waals surface area (Å²) in [5.41, 5.74) is 2.10. The van der Waals surface area contributed by atoms with Gasteiger partial charge < -0.3 is 5.32 Å². The van der Waals surface area contributed by atoms with Crippen molar-refractivity contribution in [2.45, 2.75) is 4.90 Å². The predicted molar refractivity (Wildman–Crippen MR) is 105 cm³/mol. The number of fused-ring (bicyclic) bond motifs is 1. The number of nitrogens with zero attached hydrogens (tertiary/aromatic N) is 3. The number of sulfonamides is 1. The number of rotatable bonds is 5. The average Bonchev–Trinajstić information content (AvgIpc) is 2.91. The Morgan fingerprint density at radius 1 is 1.04 bits per heavy atom. The van der Waals surface area contributed by atoms with Crippen LogP contribution in [0.5, 0.6) is 0 Å². The lowest BCUT2D eigenvalue weighted by Crippen LogP contribution is -2.25. The second-order valence-corrected chi connectivity index (χ2v) is 8.12. The molecule has 0 saturated carbocycles. The predicted octanol–water partition coefficient (Wildman–Crippen LogP) is 1.31. The van der Waals surface area contributed by atoms with E-state index in [0.717, 1.165) is 9.99 Å². The van der Waals surface area contributed by atoms with Crippen molar-refractivity contribution in [2.24, 2.45) is 14.1 Å². The molecule has 0 aliphatic heterocycles. The third kappa shape index (κ3) is 3.33. The monoisotopic (exact) mass is 404 g/mol. The van der Waals surface area contributed by atoms with Crippen LogP contribution < -0.4 is 11.0 Å². The highest BCUT2D eigenvalue weighted by molar-refractivity contribution is 7.89. The number of hydrogen-bond donors (Lipinski definition) is 1. The van der Waals surface area contributed by atoms with Crippen molar-refractivity contribution in [1.29, 1.82) is 0 Å². The van der Waals surface area contributed by atoms with Crippen molar-refractivity contribution in [3.63, 3.8) is 0 Å². The van der Waals surface area contributed by atoms with Crippen LogP contribution in [-0.2, 0) is 29.0 Å². The van der Waals surface area contributed by atoms with E-state index in [1.807, 2.05) is 0 Å². The van der Waals surface area contributed by atoms with Crippen LogP contribution in [0.25, 0.3) is 11.0 Å². The molecular weight excluding hydrogens is 384 g/mol. The van der Waals surface area contributed by atoms with E-state index in [2.05, 4.69) is 5.32 Å². The lowest BCUT2D eigenvalue weighted by atomic mass is 10.2. The first-order valence-electron chi connectivity index (χ1n) is 8.26. The molecule has 0 spiro atoms. The molecule has 148 valence electrons. The summed E-state index contributed by atoms with van der Waals surface area (Å²) in [6.07, 6.45) is 0. The topological polar surface area (TPSA) is 103 Å².